The van der Waals surface area contributed by atoms with Gasteiger partial charge in [0.25, 0.3) is 0 Å². The van der Waals surface area contributed by atoms with Gasteiger partial charge in [0.1, 0.15) is 23.7 Å². The fraction of sp³-hybridized carbons (Fsp3) is 0.389. The number of rotatable bonds is 1. The first-order chi connectivity index (χ1) is 12.3. The largest absolute Gasteiger partial charge is 0.489 e. The van der Waals surface area contributed by atoms with Gasteiger partial charge in [-0.05, 0) is 17.7 Å². The van der Waals surface area contributed by atoms with Crippen molar-refractivity contribution >= 4 is 16.9 Å². The van der Waals surface area contributed by atoms with Gasteiger partial charge in [-0.15, -0.1) is 0 Å². The normalized spacial score (nSPS) is 30.3. The van der Waals surface area contributed by atoms with Crippen LogP contribution in [0.4, 0.5) is 0 Å². The lowest BCUT2D eigenvalue weighted by atomic mass is 9.73. The van der Waals surface area contributed by atoms with Crippen molar-refractivity contribution in [1.29, 1.82) is 0 Å². The summed E-state index contributed by atoms with van der Waals surface area (Å²) in [7, 11) is 0. The van der Waals surface area contributed by atoms with E-state index >= 15 is 0 Å². The summed E-state index contributed by atoms with van der Waals surface area (Å²) in [4.78, 5) is 13.2. The number of hydrogen-bond acceptors (Lipinski definition) is 7. The van der Waals surface area contributed by atoms with Gasteiger partial charge in [-0.1, -0.05) is 17.8 Å². The van der Waals surface area contributed by atoms with Gasteiger partial charge in [0, 0.05) is 41.6 Å². The van der Waals surface area contributed by atoms with E-state index in [9.17, 15) is 0 Å². The number of nitrogens with two attached hydrogens (primary N) is 1. The molecule has 3 aliphatic rings. The summed E-state index contributed by atoms with van der Waals surface area (Å²) >= 11 is 1.62. The van der Waals surface area contributed by atoms with Crippen LogP contribution in [0.5, 0.6) is 5.75 Å². The topological polar surface area (TPSA) is 82.6 Å². The summed E-state index contributed by atoms with van der Waals surface area (Å²) in [5.41, 5.74) is 8.83. The lowest BCUT2D eigenvalue weighted by molar-refractivity contribution is -0.0628. The van der Waals surface area contributed by atoms with Crippen LogP contribution in [0.1, 0.15) is 12.0 Å². The highest BCUT2D eigenvalue weighted by atomic mass is 32.2. The zero-order chi connectivity index (χ0) is 16.9. The second-order valence-corrected chi connectivity index (χ2v) is 7.62. The molecule has 0 bridgehead atoms. The van der Waals surface area contributed by atoms with E-state index in [0.717, 1.165) is 41.2 Å². The minimum atomic E-state index is -0.376. The van der Waals surface area contributed by atoms with Gasteiger partial charge < -0.3 is 15.2 Å². The molecule has 0 saturated carbocycles. The smallest absolute Gasteiger partial charge is 0.154 e. The molecule has 4 heterocycles. The Hall–Kier alpha value is -2.12. The second kappa shape index (κ2) is 5.71. The number of nitrogens with zero attached hydrogens (tertiary/aromatic N) is 3. The first-order valence-corrected chi connectivity index (χ1v) is 9.37. The van der Waals surface area contributed by atoms with E-state index in [0.29, 0.717) is 11.8 Å². The van der Waals surface area contributed by atoms with Crippen LogP contribution in [0.3, 0.4) is 0 Å². The maximum absolute atomic E-state index is 6.32. The third-order valence-corrected chi connectivity index (χ3v) is 6.25. The predicted molar refractivity (Wildman–Crippen MR) is 96.6 cm³/mol. The van der Waals surface area contributed by atoms with E-state index in [-0.39, 0.29) is 17.6 Å². The van der Waals surface area contributed by atoms with Crippen molar-refractivity contribution in [1.82, 2.24) is 9.97 Å². The third-order valence-electron chi connectivity index (χ3n) is 5.27. The molecule has 3 atom stereocenters. The average molecular weight is 354 g/mol. The van der Waals surface area contributed by atoms with Crippen LogP contribution in [0.25, 0.3) is 11.1 Å². The molecular weight excluding hydrogens is 336 g/mol. The zero-order valence-corrected chi connectivity index (χ0v) is 14.4. The van der Waals surface area contributed by atoms with E-state index in [1.807, 2.05) is 18.5 Å². The fourth-order valence-corrected chi connectivity index (χ4v) is 5.07. The summed E-state index contributed by atoms with van der Waals surface area (Å²) in [5, 5.41) is 0.644. The average Bonchev–Trinajstić information content (AvgIpc) is 3.05. The number of thioether (sulfide) groups is 1. The first-order valence-electron chi connectivity index (χ1n) is 8.39. The SMILES string of the molecule is NC1=NC2(CS1)c1cc(-c3cncnc3)ccc1OC1CCOCC12. The summed E-state index contributed by atoms with van der Waals surface area (Å²) in [5.74, 6) is 1.92. The van der Waals surface area contributed by atoms with Gasteiger partial charge >= 0.3 is 0 Å². The van der Waals surface area contributed by atoms with Crippen molar-refractivity contribution < 1.29 is 9.47 Å². The lowest BCUT2D eigenvalue weighted by Gasteiger charge is -2.46. The molecule has 1 aromatic heterocycles. The molecule has 2 N–H and O–H groups in total. The number of ether oxygens (including phenoxy) is 2. The monoisotopic (exact) mass is 354 g/mol. The van der Waals surface area contributed by atoms with Crippen molar-refractivity contribution in [2.75, 3.05) is 19.0 Å². The van der Waals surface area contributed by atoms with Gasteiger partial charge in [0.05, 0.1) is 13.2 Å². The standard InChI is InChI=1S/C18H18N4O2S/c19-17-22-18(9-25-17)13-5-11(12-6-20-10-21-7-12)1-2-15(13)24-16-3-4-23-8-14(16)18/h1-2,5-7,10,14,16H,3-4,8-9H2,(H2,19,22). The lowest BCUT2D eigenvalue weighted by Crippen LogP contribution is -2.52. The zero-order valence-electron chi connectivity index (χ0n) is 13.6. The van der Waals surface area contributed by atoms with E-state index in [1.54, 1.807) is 11.8 Å². The number of aromatic nitrogens is 2. The Morgan fingerprint density at radius 2 is 2.08 bits per heavy atom. The Morgan fingerprint density at radius 1 is 1.20 bits per heavy atom. The van der Waals surface area contributed by atoms with E-state index in [2.05, 4.69) is 22.1 Å². The Morgan fingerprint density at radius 3 is 2.88 bits per heavy atom. The van der Waals surface area contributed by atoms with Gasteiger partial charge in [-0.3, -0.25) is 0 Å². The maximum atomic E-state index is 6.32. The van der Waals surface area contributed by atoms with Crippen LogP contribution in [-0.2, 0) is 10.3 Å². The Balaban J connectivity index is 1.68. The van der Waals surface area contributed by atoms with Crippen molar-refractivity contribution in [2.24, 2.45) is 16.6 Å². The molecule has 128 valence electrons. The highest BCUT2D eigenvalue weighted by Crippen LogP contribution is 2.52. The molecule has 1 fully saturated rings. The molecule has 1 spiro atoms. The predicted octanol–water partition coefficient (Wildman–Crippen LogP) is 2.20. The van der Waals surface area contributed by atoms with Gasteiger partial charge in [0.2, 0.25) is 0 Å². The molecular formula is C18H18N4O2S. The molecule has 6 nitrogen and oxygen atoms in total. The van der Waals surface area contributed by atoms with Crippen LogP contribution in [-0.4, -0.2) is 40.2 Å². The summed E-state index contributed by atoms with van der Waals surface area (Å²) in [6.07, 6.45) is 6.19. The Labute approximate surface area is 149 Å². The molecule has 5 rings (SSSR count). The van der Waals surface area contributed by atoms with Gasteiger partial charge in [-0.2, -0.15) is 0 Å². The van der Waals surface area contributed by atoms with Crippen molar-refractivity contribution in [3.8, 4) is 16.9 Å². The molecule has 0 aliphatic carbocycles. The van der Waals surface area contributed by atoms with Crippen LogP contribution in [0.15, 0.2) is 41.9 Å². The third kappa shape index (κ3) is 2.33. The first kappa shape index (κ1) is 15.2. The van der Waals surface area contributed by atoms with Gasteiger partial charge in [-0.25, -0.2) is 15.0 Å². The summed E-state index contributed by atoms with van der Waals surface area (Å²) in [6.45, 7) is 1.39. The van der Waals surface area contributed by atoms with Crippen molar-refractivity contribution in [3.05, 3.63) is 42.5 Å². The Kier molecular flexibility index (Phi) is 3.46. The van der Waals surface area contributed by atoms with Crippen LogP contribution < -0.4 is 10.5 Å². The van der Waals surface area contributed by atoms with Crippen molar-refractivity contribution in [2.45, 2.75) is 18.1 Å². The highest BCUT2D eigenvalue weighted by Gasteiger charge is 2.53. The molecule has 0 radical (unpaired) electrons. The molecule has 2 aromatic rings. The number of fused-ring (bicyclic) bond motifs is 4. The van der Waals surface area contributed by atoms with E-state index in [4.69, 9.17) is 20.2 Å². The van der Waals surface area contributed by atoms with Gasteiger partial charge in [0.15, 0.2) is 5.17 Å². The number of amidine groups is 1. The molecule has 0 amide bonds. The van der Waals surface area contributed by atoms with E-state index < -0.39 is 0 Å². The maximum Gasteiger partial charge on any atom is 0.154 e. The molecule has 3 aliphatic heterocycles. The molecule has 7 heteroatoms. The molecule has 3 unspecified atom stereocenters. The summed E-state index contributed by atoms with van der Waals surface area (Å²) in [6, 6.07) is 6.25. The van der Waals surface area contributed by atoms with Crippen LogP contribution >= 0.6 is 11.8 Å². The minimum Gasteiger partial charge on any atom is -0.489 e. The second-order valence-electron chi connectivity index (χ2n) is 6.63. The Bertz CT molecular complexity index is 844. The fourth-order valence-electron chi connectivity index (χ4n) is 4.04. The highest BCUT2D eigenvalue weighted by molar-refractivity contribution is 8.14. The number of hydrogen-bond donors (Lipinski definition) is 1. The van der Waals surface area contributed by atoms with E-state index in [1.165, 1.54) is 6.33 Å². The molecule has 1 aromatic carbocycles. The number of aliphatic imine (C=N–C) groups is 1. The summed E-state index contributed by atoms with van der Waals surface area (Å²) < 4.78 is 12.1. The molecule has 1 saturated heterocycles. The minimum absolute atomic E-state index is 0.127. The van der Waals surface area contributed by atoms with Crippen LogP contribution in [0, 0.1) is 5.92 Å². The quantitative estimate of drug-likeness (QED) is 0.845. The number of benzene rings is 1. The van der Waals surface area contributed by atoms with Crippen molar-refractivity contribution in [3.63, 3.8) is 0 Å². The molecule has 25 heavy (non-hydrogen) atoms. The van der Waals surface area contributed by atoms with Crippen LogP contribution in [0.2, 0.25) is 0 Å².